The lowest BCUT2D eigenvalue weighted by atomic mass is 9.98. The number of benzene rings is 3. The highest BCUT2D eigenvalue weighted by atomic mass is 15.1. The normalized spacial score (nSPS) is 15.1. The van der Waals surface area contributed by atoms with Gasteiger partial charge in [0.05, 0.1) is 13.1 Å². The van der Waals surface area contributed by atoms with Crippen molar-refractivity contribution in [2.45, 2.75) is 25.7 Å². The second-order valence-electron chi connectivity index (χ2n) is 8.53. The maximum absolute atomic E-state index is 4.50. The van der Waals surface area contributed by atoms with E-state index in [4.69, 9.17) is 0 Å². The number of nitrogens with zero attached hydrogens (tertiary/aromatic N) is 2. The summed E-state index contributed by atoms with van der Waals surface area (Å²) in [6.45, 7) is 3.66. The Hall–Kier alpha value is -3.40. The van der Waals surface area contributed by atoms with Crippen LogP contribution in [-0.4, -0.2) is 37.9 Å². The molecule has 2 N–H and O–H groups in total. The van der Waals surface area contributed by atoms with Crippen LogP contribution in [-0.2, 0) is 25.7 Å². The van der Waals surface area contributed by atoms with Crippen LogP contribution in [0.4, 0.5) is 0 Å². The van der Waals surface area contributed by atoms with Gasteiger partial charge >= 0.3 is 0 Å². The average Bonchev–Trinajstić information content (AvgIpc) is 3.57. The van der Waals surface area contributed by atoms with Gasteiger partial charge in [-0.1, -0.05) is 72.8 Å². The van der Waals surface area contributed by atoms with Crippen molar-refractivity contribution in [1.82, 2.24) is 10.6 Å². The number of aliphatic imine (C=N–C) groups is 2. The van der Waals surface area contributed by atoms with Crippen molar-refractivity contribution >= 4 is 11.7 Å². The molecule has 0 fully saturated rings. The number of aryl methyl sites for hydroxylation is 4. The van der Waals surface area contributed by atoms with Gasteiger partial charge in [-0.2, -0.15) is 0 Å². The number of amidine groups is 2. The zero-order chi connectivity index (χ0) is 21.6. The minimum absolute atomic E-state index is 0.881. The molecule has 4 nitrogen and oxygen atoms in total. The quantitative estimate of drug-likeness (QED) is 0.577. The molecule has 2 aliphatic rings. The van der Waals surface area contributed by atoms with Crippen molar-refractivity contribution in [3.05, 3.63) is 106 Å². The zero-order valence-corrected chi connectivity index (χ0v) is 18.5. The Morgan fingerprint density at radius 1 is 0.531 bits per heavy atom. The van der Waals surface area contributed by atoms with Gasteiger partial charge in [-0.15, -0.1) is 0 Å². The summed E-state index contributed by atoms with van der Waals surface area (Å²) < 4.78 is 0. The largest absolute Gasteiger partial charge is 0.368 e. The van der Waals surface area contributed by atoms with Crippen LogP contribution in [0.15, 0.2) is 82.8 Å². The van der Waals surface area contributed by atoms with Crippen LogP contribution in [0.1, 0.15) is 33.4 Å². The van der Waals surface area contributed by atoms with E-state index in [0.29, 0.717) is 0 Å². The first-order chi connectivity index (χ1) is 15.8. The van der Waals surface area contributed by atoms with Gasteiger partial charge in [-0.05, 0) is 47.9 Å². The van der Waals surface area contributed by atoms with E-state index in [1.54, 1.807) is 0 Å². The lowest BCUT2D eigenvalue weighted by Crippen LogP contribution is -2.19. The molecular formula is C28H30N4. The molecule has 2 aliphatic heterocycles. The van der Waals surface area contributed by atoms with Crippen molar-refractivity contribution in [2.24, 2.45) is 9.98 Å². The van der Waals surface area contributed by atoms with Crippen LogP contribution in [0.5, 0.6) is 0 Å². The third kappa shape index (κ3) is 5.08. The standard InChI is InChI=1S/C28H30N4/c1-2-23(6-4-21-8-12-25(13-9-21)27-29-16-17-30-27)20-24(3-1)7-5-22-10-14-26(15-11-22)28-31-18-19-32-28/h1-3,8-15,20H,4-7,16-19H2,(H,29,30)(H,31,32). The van der Waals surface area contributed by atoms with E-state index >= 15 is 0 Å². The summed E-state index contributed by atoms with van der Waals surface area (Å²) in [5.74, 6) is 2.06. The lowest BCUT2D eigenvalue weighted by molar-refractivity contribution is 0.930. The summed E-state index contributed by atoms with van der Waals surface area (Å²) in [6, 6.07) is 26.7. The molecular weight excluding hydrogens is 392 g/mol. The predicted octanol–water partition coefficient (Wildman–Crippen LogP) is 3.96. The Kier molecular flexibility index (Phi) is 6.29. The molecule has 0 radical (unpaired) electrons. The zero-order valence-electron chi connectivity index (χ0n) is 18.5. The van der Waals surface area contributed by atoms with Crippen LogP contribution in [0, 0.1) is 0 Å². The van der Waals surface area contributed by atoms with E-state index in [1.165, 1.54) is 33.4 Å². The molecule has 0 atom stereocenters. The topological polar surface area (TPSA) is 48.8 Å². The molecule has 162 valence electrons. The molecule has 0 spiro atoms. The first kappa shape index (κ1) is 20.5. The summed E-state index contributed by atoms with van der Waals surface area (Å²) in [7, 11) is 0. The fourth-order valence-corrected chi connectivity index (χ4v) is 4.36. The van der Waals surface area contributed by atoms with Crippen LogP contribution >= 0.6 is 0 Å². The van der Waals surface area contributed by atoms with Crippen molar-refractivity contribution < 1.29 is 0 Å². The van der Waals surface area contributed by atoms with E-state index in [0.717, 1.165) is 63.5 Å². The molecule has 0 saturated heterocycles. The monoisotopic (exact) mass is 422 g/mol. The SMILES string of the molecule is c1cc(CCc2ccc(C3=NCCN3)cc2)cc(CCc2ccc(C3=NCCN3)cc2)c1. The van der Waals surface area contributed by atoms with Gasteiger partial charge in [0.25, 0.3) is 0 Å². The highest BCUT2D eigenvalue weighted by molar-refractivity contribution is 6.00. The van der Waals surface area contributed by atoms with E-state index in [2.05, 4.69) is 93.4 Å². The molecule has 3 aromatic rings. The molecule has 0 amide bonds. The minimum Gasteiger partial charge on any atom is -0.368 e. The Morgan fingerprint density at radius 3 is 1.38 bits per heavy atom. The Balaban J connectivity index is 1.14. The molecule has 0 bridgehead atoms. The summed E-state index contributed by atoms with van der Waals surface area (Å²) in [6.07, 6.45) is 4.25. The second kappa shape index (κ2) is 9.82. The highest BCUT2D eigenvalue weighted by Crippen LogP contribution is 2.15. The fraction of sp³-hybridized carbons (Fsp3) is 0.286. The highest BCUT2D eigenvalue weighted by Gasteiger charge is 2.08. The molecule has 5 rings (SSSR count). The molecule has 0 saturated carbocycles. The smallest absolute Gasteiger partial charge is 0.128 e. The number of hydrogen-bond donors (Lipinski definition) is 2. The van der Waals surface area contributed by atoms with Crippen molar-refractivity contribution in [1.29, 1.82) is 0 Å². The summed E-state index contributed by atoms with van der Waals surface area (Å²) >= 11 is 0. The van der Waals surface area contributed by atoms with Crippen LogP contribution in [0.2, 0.25) is 0 Å². The molecule has 32 heavy (non-hydrogen) atoms. The van der Waals surface area contributed by atoms with Crippen LogP contribution in [0.25, 0.3) is 0 Å². The molecule has 0 aromatic heterocycles. The van der Waals surface area contributed by atoms with Gasteiger partial charge in [0.15, 0.2) is 0 Å². The Labute approximate surface area is 190 Å². The van der Waals surface area contributed by atoms with Gasteiger partial charge in [-0.3, -0.25) is 9.98 Å². The van der Waals surface area contributed by atoms with Crippen LogP contribution in [0.3, 0.4) is 0 Å². The van der Waals surface area contributed by atoms with Gasteiger partial charge < -0.3 is 10.6 Å². The Bertz CT molecular complexity index is 1020. The van der Waals surface area contributed by atoms with Gasteiger partial charge in [0, 0.05) is 24.2 Å². The van der Waals surface area contributed by atoms with Gasteiger partial charge in [-0.25, -0.2) is 0 Å². The molecule has 3 aromatic carbocycles. The molecule has 2 heterocycles. The van der Waals surface area contributed by atoms with Crippen LogP contribution < -0.4 is 10.6 Å². The first-order valence-electron chi connectivity index (χ1n) is 11.7. The second-order valence-corrected chi connectivity index (χ2v) is 8.53. The number of rotatable bonds is 8. The van der Waals surface area contributed by atoms with Crippen molar-refractivity contribution in [3.8, 4) is 0 Å². The maximum atomic E-state index is 4.50. The fourth-order valence-electron chi connectivity index (χ4n) is 4.36. The third-order valence-corrected chi connectivity index (χ3v) is 6.20. The van der Waals surface area contributed by atoms with Crippen molar-refractivity contribution in [3.63, 3.8) is 0 Å². The maximum Gasteiger partial charge on any atom is 0.128 e. The average molecular weight is 423 g/mol. The molecule has 0 unspecified atom stereocenters. The molecule has 4 heteroatoms. The number of hydrogen-bond acceptors (Lipinski definition) is 4. The van der Waals surface area contributed by atoms with Gasteiger partial charge in [0.2, 0.25) is 0 Å². The van der Waals surface area contributed by atoms with E-state index in [-0.39, 0.29) is 0 Å². The first-order valence-corrected chi connectivity index (χ1v) is 11.7. The third-order valence-electron chi connectivity index (χ3n) is 6.20. The Morgan fingerprint density at radius 2 is 0.969 bits per heavy atom. The summed E-state index contributed by atoms with van der Waals surface area (Å²) in [4.78, 5) is 9.00. The molecule has 0 aliphatic carbocycles. The van der Waals surface area contributed by atoms with E-state index in [9.17, 15) is 0 Å². The summed E-state index contributed by atoms with van der Waals surface area (Å²) in [5, 5.41) is 6.67. The van der Waals surface area contributed by atoms with E-state index < -0.39 is 0 Å². The summed E-state index contributed by atoms with van der Waals surface area (Å²) in [5.41, 5.74) is 7.95. The lowest BCUT2D eigenvalue weighted by Gasteiger charge is -2.08. The number of nitrogens with one attached hydrogen (secondary N) is 2. The predicted molar refractivity (Wildman–Crippen MR) is 133 cm³/mol. The van der Waals surface area contributed by atoms with Crippen molar-refractivity contribution in [2.75, 3.05) is 26.2 Å². The van der Waals surface area contributed by atoms with Gasteiger partial charge in [0.1, 0.15) is 11.7 Å². The minimum atomic E-state index is 0.881. The van der Waals surface area contributed by atoms with E-state index in [1.807, 2.05) is 0 Å².